The van der Waals surface area contributed by atoms with E-state index in [4.69, 9.17) is 4.98 Å². The summed E-state index contributed by atoms with van der Waals surface area (Å²) < 4.78 is 0. The molecule has 0 N–H and O–H groups in total. The summed E-state index contributed by atoms with van der Waals surface area (Å²) in [5, 5.41) is 2.23. The first-order valence-electron chi connectivity index (χ1n) is 8.54. The van der Waals surface area contributed by atoms with Crippen LogP contribution in [0.1, 0.15) is 0 Å². The lowest BCUT2D eigenvalue weighted by Crippen LogP contribution is -1.90. The van der Waals surface area contributed by atoms with Crippen LogP contribution in [0.5, 0.6) is 0 Å². The van der Waals surface area contributed by atoms with Gasteiger partial charge in [0.25, 0.3) is 0 Å². The highest BCUT2D eigenvalue weighted by Gasteiger charge is 2.06. The van der Waals surface area contributed by atoms with Crippen LogP contribution in [0.15, 0.2) is 91.3 Å². The summed E-state index contributed by atoms with van der Waals surface area (Å²) in [4.78, 5) is 13.9. The van der Waals surface area contributed by atoms with Crippen LogP contribution < -0.4 is 0 Å². The van der Waals surface area contributed by atoms with E-state index in [1.54, 1.807) is 0 Å². The maximum atomic E-state index is 4.85. The highest BCUT2D eigenvalue weighted by atomic mass is 14.7. The second-order valence-corrected chi connectivity index (χ2v) is 6.24. The molecule has 26 heavy (non-hydrogen) atoms. The van der Waals surface area contributed by atoms with Crippen molar-refractivity contribution in [3.63, 3.8) is 0 Å². The number of benzene rings is 2. The number of aromatic nitrogens is 3. The molecule has 0 aliphatic heterocycles. The summed E-state index contributed by atoms with van der Waals surface area (Å²) in [5.41, 5.74) is 5.83. The molecule has 3 heterocycles. The van der Waals surface area contributed by atoms with E-state index in [1.807, 2.05) is 67.0 Å². The van der Waals surface area contributed by atoms with Crippen molar-refractivity contribution in [3.05, 3.63) is 91.3 Å². The van der Waals surface area contributed by atoms with Crippen LogP contribution in [0.2, 0.25) is 0 Å². The number of pyridine rings is 3. The number of fused-ring (bicyclic) bond motifs is 2. The molecule has 5 rings (SSSR count). The fourth-order valence-electron chi connectivity index (χ4n) is 3.18. The largest absolute Gasteiger partial charge is 0.256 e. The monoisotopic (exact) mass is 333 g/mol. The zero-order chi connectivity index (χ0) is 17.3. The molecule has 122 valence electrons. The van der Waals surface area contributed by atoms with Crippen LogP contribution in [0.4, 0.5) is 0 Å². The number of rotatable bonds is 2. The first-order valence-corrected chi connectivity index (χ1v) is 8.54. The van der Waals surface area contributed by atoms with Gasteiger partial charge >= 0.3 is 0 Å². The standard InChI is InChI=1S/C23H15N3/c1-3-8-20-16(6-1)12-18(14-24-20)22-10-5-11-23(26-22)19-13-17-7-2-4-9-21(17)25-15-19/h1-15H. The van der Waals surface area contributed by atoms with Gasteiger partial charge in [0.1, 0.15) is 0 Å². The van der Waals surface area contributed by atoms with Gasteiger partial charge in [0.05, 0.1) is 22.4 Å². The Balaban J connectivity index is 1.60. The molecule has 0 fully saturated rings. The number of hydrogen-bond donors (Lipinski definition) is 0. The third-order valence-corrected chi connectivity index (χ3v) is 4.52. The molecular weight excluding hydrogens is 318 g/mol. The Kier molecular flexibility index (Phi) is 3.42. The lowest BCUT2D eigenvalue weighted by atomic mass is 10.1. The molecule has 0 aliphatic rings. The van der Waals surface area contributed by atoms with E-state index >= 15 is 0 Å². The van der Waals surface area contributed by atoms with Gasteiger partial charge in [-0.1, -0.05) is 42.5 Å². The van der Waals surface area contributed by atoms with Crippen LogP contribution in [-0.4, -0.2) is 15.0 Å². The molecule has 0 unspecified atom stereocenters. The smallest absolute Gasteiger partial charge is 0.0725 e. The van der Waals surface area contributed by atoms with Crippen molar-refractivity contribution in [2.24, 2.45) is 0 Å². The normalized spacial score (nSPS) is 11.1. The molecule has 0 radical (unpaired) electrons. The minimum atomic E-state index is 0.911. The van der Waals surface area contributed by atoms with Gasteiger partial charge in [0.15, 0.2) is 0 Å². The fraction of sp³-hybridized carbons (Fsp3) is 0. The predicted octanol–water partition coefficient (Wildman–Crippen LogP) is 5.51. The van der Waals surface area contributed by atoms with E-state index < -0.39 is 0 Å². The maximum Gasteiger partial charge on any atom is 0.0725 e. The van der Waals surface area contributed by atoms with Crippen LogP contribution in [0, 0.1) is 0 Å². The van der Waals surface area contributed by atoms with Crippen LogP contribution in [0.3, 0.4) is 0 Å². The van der Waals surface area contributed by atoms with Gasteiger partial charge in [0, 0.05) is 34.3 Å². The summed E-state index contributed by atoms with van der Waals surface area (Å²) in [6.45, 7) is 0. The Labute approximate surface area is 151 Å². The fourth-order valence-corrected chi connectivity index (χ4v) is 3.18. The zero-order valence-electron chi connectivity index (χ0n) is 14.0. The van der Waals surface area contributed by atoms with Crippen molar-refractivity contribution in [3.8, 4) is 22.5 Å². The van der Waals surface area contributed by atoms with Gasteiger partial charge in [-0.25, -0.2) is 4.98 Å². The van der Waals surface area contributed by atoms with Gasteiger partial charge in [0.2, 0.25) is 0 Å². The predicted molar refractivity (Wildman–Crippen MR) is 106 cm³/mol. The Morgan fingerprint density at radius 3 is 1.54 bits per heavy atom. The lowest BCUT2D eigenvalue weighted by molar-refractivity contribution is 1.29. The summed E-state index contributed by atoms with van der Waals surface area (Å²) in [6, 6.07) is 26.6. The van der Waals surface area contributed by atoms with Crippen molar-refractivity contribution in [1.29, 1.82) is 0 Å². The summed E-state index contributed by atoms with van der Waals surface area (Å²) in [5.74, 6) is 0. The molecule has 2 aromatic carbocycles. The van der Waals surface area contributed by atoms with Gasteiger partial charge in [-0.3, -0.25) is 9.97 Å². The number of hydrogen-bond acceptors (Lipinski definition) is 3. The summed E-state index contributed by atoms with van der Waals surface area (Å²) in [6.07, 6.45) is 3.76. The Hall–Kier alpha value is -3.59. The zero-order valence-corrected chi connectivity index (χ0v) is 14.0. The Morgan fingerprint density at radius 2 is 1.00 bits per heavy atom. The SMILES string of the molecule is c1cc(-c2cnc3ccccc3c2)nc(-c2cnc3ccccc3c2)c1. The average molecular weight is 333 g/mol. The quantitative estimate of drug-likeness (QED) is 0.427. The maximum absolute atomic E-state index is 4.85. The van der Waals surface area contributed by atoms with E-state index in [2.05, 4.69) is 34.2 Å². The molecule has 3 nitrogen and oxygen atoms in total. The number of para-hydroxylation sites is 2. The van der Waals surface area contributed by atoms with E-state index in [9.17, 15) is 0 Å². The molecule has 5 aromatic rings. The molecule has 0 amide bonds. The summed E-state index contributed by atoms with van der Waals surface area (Å²) in [7, 11) is 0. The summed E-state index contributed by atoms with van der Waals surface area (Å²) >= 11 is 0. The molecular formula is C23H15N3. The van der Waals surface area contributed by atoms with E-state index in [0.717, 1.165) is 44.3 Å². The van der Waals surface area contributed by atoms with E-state index in [1.165, 1.54) is 0 Å². The Bertz CT molecular complexity index is 1150. The molecule has 0 saturated carbocycles. The highest BCUT2D eigenvalue weighted by molar-refractivity contribution is 5.84. The lowest BCUT2D eigenvalue weighted by Gasteiger charge is -2.07. The average Bonchev–Trinajstić information content (AvgIpc) is 2.73. The minimum Gasteiger partial charge on any atom is -0.256 e. The minimum absolute atomic E-state index is 0.911. The molecule has 3 aromatic heterocycles. The van der Waals surface area contributed by atoms with Crippen LogP contribution >= 0.6 is 0 Å². The van der Waals surface area contributed by atoms with Crippen molar-refractivity contribution in [2.45, 2.75) is 0 Å². The Morgan fingerprint density at radius 1 is 0.500 bits per heavy atom. The molecule has 0 bridgehead atoms. The van der Waals surface area contributed by atoms with Crippen molar-refractivity contribution in [2.75, 3.05) is 0 Å². The molecule has 0 saturated heterocycles. The van der Waals surface area contributed by atoms with Gasteiger partial charge in [-0.05, 0) is 36.4 Å². The second-order valence-electron chi connectivity index (χ2n) is 6.24. The third kappa shape index (κ3) is 2.60. The second kappa shape index (κ2) is 6.05. The van der Waals surface area contributed by atoms with Gasteiger partial charge in [-0.15, -0.1) is 0 Å². The molecule has 0 atom stereocenters. The number of nitrogens with zero attached hydrogens (tertiary/aromatic N) is 3. The van der Waals surface area contributed by atoms with E-state index in [-0.39, 0.29) is 0 Å². The third-order valence-electron chi connectivity index (χ3n) is 4.52. The van der Waals surface area contributed by atoms with Crippen LogP contribution in [-0.2, 0) is 0 Å². The van der Waals surface area contributed by atoms with Gasteiger partial charge in [-0.2, -0.15) is 0 Å². The van der Waals surface area contributed by atoms with Gasteiger partial charge < -0.3 is 0 Å². The first-order chi connectivity index (χ1) is 12.9. The van der Waals surface area contributed by atoms with E-state index in [0.29, 0.717) is 0 Å². The van der Waals surface area contributed by atoms with Crippen molar-refractivity contribution >= 4 is 21.8 Å². The highest BCUT2D eigenvalue weighted by Crippen LogP contribution is 2.25. The first kappa shape index (κ1) is 14.7. The molecule has 3 heteroatoms. The molecule has 0 spiro atoms. The molecule has 0 aliphatic carbocycles. The van der Waals surface area contributed by atoms with Crippen molar-refractivity contribution < 1.29 is 0 Å². The van der Waals surface area contributed by atoms with Crippen LogP contribution in [0.25, 0.3) is 44.3 Å². The topological polar surface area (TPSA) is 38.7 Å². The van der Waals surface area contributed by atoms with Crippen molar-refractivity contribution in [1.82, 2.24) is 15.0 Å².